The Bertz CT molecular complexity index is 474. The average molecular weight is 295 g/mol. The fourth-order valence-electron chi connectivity index (χ4n) is 2.84. The molecule has 1 saturated carbocycles. The van der Waals surface area contributed by atoms with Crippen molar-refractivity contribution in [1.29, 1.82) is 0 Å². The Morgan fingerprint density at radius 3 is 2.80 bits per heavy atom. The van der Waals surface area contributed by atoms with E-state index in [1.165, 1.54) is 38.5 Å². The lowest BCUT2D eigenvalue weighted by molar-refractivity contribution is 0.405. The van der Waals surface area contributed by atoms with Gasteiger partial charge in [-0.15, -0.1) is 0 Å². The van der Waals surface area contributed by atoms with Gasteiger partial charge in [0.15, 0.2) is 5.16 Å². The Morgan fingerprint density at radius 1 is 1.35 bits per heavy atom. The molecule has 2 N–H and O–H groups in total. The first-order chi connectivity index (χ1) is 9.69. The van der Waals surface area contributed by atoms with Crippen LogP contribution in [0.4, 0.5) is 0 Å². The van der Waals surface area contributed by atoms with Crippen LogP contribution in [-0.2, 0) is 0 Å². The van der Waals surface area contributed by atoms with Crippen molar-refractivity contribution in [3.8, 4) is 0 Å². The molecule has 0 amide bonds. The van der Waals surface area contributed by atoms with Crippen molar-refractivity contribution in [1.82, 2.24) is 15.3 Å². The van der Waals surface area contributed by atoms with Crippen LogP contribution in [0.3, 0.4) is 0 Å². The van der Waals surface area contributed by atoms with Crippen LogP contribution >= 0.6 is 11.8 Å². The fraction of sp³-hybridized carbons (Fsp3) is 0.733. The SMILES string of the molecule is CCNC1CCCCCCC1Sc1nc(C)cc(=O)[nH]1. The van der Waals surface area contributed by atoms with Gasteiger partial charge >= 0.3 is 0 Å². The lowest BCUT2D eigenvalue weighted by Crippen LogP contribution is -2.39. The first-order valence-electron chi connectivity index (χ1n) is 7.67. The van der Waals surface area contributed by atoms with Crippen molar-refractivity contribution in [2.24, 2.45) is 0 Å². The van der Waals surface area contributed by atoms with Crippen molar-refractivity contribution < 1.29 is 0 Å². The van der Waals surface area contributed by atoms with E-state index in [4.69, 9.17) is 0 Å². The van der Waals surface area contributed by atoms with Gasteiger partial charge < -0.3 is 10.3 Å². The first kappa shape index (κ1) is 15.6. The molecule has 2 atom stereocenters. The molecule has 4 nitrogen and oxygen atoms in total. The van der Waals surface area contributed by atoms with Gasteiger partial charge in [0.05, 0.1) is 0 Å². The first-order valence-corrected chi connectivity index (χ1v) is 8.55. The molecule has 1 aliphatic carbocycles. The Hall–Kier alpha value is -0.810. The molecule has 5 heteroatoms. The molecule has 1 aromatic heterocycles. The number of rotatable bonds is 4. The topological polar surface area (TPSA) is 57.8 Å². The van der Waals surface area contributed by atoms with Crippen LogP contribution in [0.25, 0.3) is 0 Å². The summed E-state index contributed by atoms with van der Waals surface area (Å²) in [5.74, 6) is 0. The highest BCUT2D eigenvalue weighted by molar-refractivity contribution is 7.99. The zero-order chi connectivity index (χ0) is 14.4. The highest BCUT2D eigenvalue weighted by Gasteiger charge is 2.23. The number of hydrogen-bond donors (Lipinski definition) is 2. The molecule has 0 spiro atoms. The van der Waals surface area contributed by atoms with Crippen LogP contribution < -0.4 is 10.9 Å². The average Bonchev–Trinajstić information content (AvgIpc) is 2.36. The third-order valence-corrected chi connectivity index (χ3v) is 5.06. The zero-order valence-corrected chi connectivity index (χ0v) is 13.3. The van der Waals surface area contributed by atoms with E-state index >= 15 is 0 Å². The molecule has 0 aliphatic heterocycles. The molecule has 1 aliphatic rings. The van der Waals surface area contributed by atoms with E-state index in [1.807, 2.05) is 6.92 Å². The minimum absolute atomic E-state index is 0.0501. The highest BCUT2D eigenvalue weighted by Crippen LogP contribution is 2.30. The molecule has 2 rings (SSSR count). The third-order valence-electron chi connectivity index (χ3n) is 3.78. The van der Waals surface area contributed by atoms with E-state index in [2.05, 4.69) is 22.2 Å². The smallest absolute Gasteiger partial charge is 0.251 e. The molecule has 1 heterocycles. The molecule has 2 unspecified atom stereocenters. The van der Waals surface area contributed by atoms with Gasteiger partial charge in [0, 0.05) is 23.1 Å². The summed E-state index contributed by atoms with van der Waals surface area (Å²) in [6.07, 6.45) is 7.66. The number of nitrogens with one attached hydrogen (secondary N) is 2. The van der Waals surface area contributed by atoms with E-state index in [1.54, 1.807) is 17.8 Å². The lowest BCUT2D eigenvalue weighted by Gasteiger charge is -2.29. The molecule has 112 valence electrons. The minimum Gasteiger partial charge on any atom is -0.313 e. The largest absolute Gasteiger partial charge is 0.313 e. The Balaban J connectivity index is 2.10. The molecule has 1 aromatic rings. The Kier molecular flexibility index (Phi) is 6.10. The number of aryl methyl sites for hydroxylation is 1. The fourth-order valence-corrected chi connectivity index (χ4v) is 4.16. The maximum Gasteiger partial charge on any atom is 0.251 e. The van der Waals surface area contributed by atoms with Crippen molar-refractivity contribution >= 4 is 11.8 Å². The van der Waals surface area contributed by atoms with Crippen molar-refractivity contribution in [2.75, 3.05) is 6.54 Å². The van der Waals surface area contributed by atoms with Crippen LogP contribution in [0.5, 0.6) is 0 Å². The quantitative estimate of drug-likeness (QED) is 0.839. The number of hydrogen-bond acceptors (Lipinski definition) is 4. The van der Waals surface area contributed by atoms with Crippen molar-refractivity contribution in [3.63, 3.8) is 0 Å². The summed E-state index contributed by atoms with van der Waals surface area (Å²) >= 11 is 1.73. The lowest BCUT2D eigenvalue weighted by atomic mass is 9.96. The summed E-state index contributed by atoms with van der Waals surface area (Å²) < 4.78 is 0. The summed E-state index contributed by atoms with van der Waals surface area (Å²) in [7, 11) is 0. The monoisotopic (exact) mass is 295 g/mol. The normalized spacial score (nSPS) is 24.1. The van der Waals surface area contributed by atoms with Gasteiger partial charge in [-0.05, 0) is 26.3 Å². The maximum absolute atomic E-state index is 11.6. The van der Waals surface area contributed by atoms with Crippen LogP contribution in [0.2, 0.25) is 0 Å². The highest BCUT2D eigenvalue weighted by atomic mass is 32.2. The van der Waals surface area contributed by atoms with Crippen molar-refractivity contribution in [3.05, 3.63) is 22.1 Å². The zero-order valence-electron chi connectivity index (χ0n) is 12.4. The predicted molar refractivity (Wildman–Crippen MR) is 84.4 cm³/mol. The standard InChI is InChI=1S/C15H25N3OS/c1-3-16-12-8-6-4-5-7-9-13(12)20-15-17-11(2)10-14(19)18-15/h10,12-13,16H,3-9H2,1-2H3,(H,17,18,19). The maximum atomic E-state index is 11.6. The predicted octanol–water partition coefficient (Wildman–Crippen LogP) is 2.87. The Morgan fingerprint density at radius 2 is 2.10 bits per heavy atom. The summed E-state index contributed by atoms with van der Waals surface area (Å²) in [4.78, 5) is 18.9. The molecular weight excluding hydrogens is 270 g/mol. The molecule has 1 fully saturated rings. The molecule has 0 aromatic carbocycles. The number of aromatic amines is 1. The summed E-state index contributed by atoms with van der Waals surface area (Å²) in [5.41, 5.74) is 0.743. The van der Waals surface area contributed by atoms with Crippen LogP contribution in [0, 0.1) is 6.92 Å². The second-order valence-electron chi connectivity index (χ2n) is 5.50. The molecule has 0 radical (unpaired) electrons. The van der Waals surface area contributed by atoms with Crippen LogP contribution in [0.1, 0.15) is 51.1 Å². The van der Waals surface area contributed by atoms with Gasteiger partial charge in [-0.2, -0.15) is 0 Å². The summed E-state index contributed by atoms with van der Waals surface area (Å²) in [6, 6.07) is 2.07. The van der Waals surface area contributed by atoms with Crippen LogP contribution in [0.15, 0.2) is 16.0 Å². The van der Waals surface area contributed by atoms with E-state index in [0.717, 1.165) is 17.4 Å². The second kappa shape index (κ2) is 7.84. The van der Waals surface area contributed by atoms with Gasteiger partial charge in [-0.25, -0.2) is 4.98 Å². The number of nitrogens with zero attached hydrogens (tertiary/aromatic N) is 1. The Labute approximate surface area is 125 Å². The van der Waals surface area contributed by atoms with E-state index in [0.29, 0.717) is 11.3 Å². The van der Waals surface area contributed by atoms with Gasteiger partial charge in [-0.1, -0.05) is 44.4 Å². The van der Waals surface area contributed by atoms with Gasteiger partial charge in [0.25, 0.3) is 5.56 Å². The van der Waals surface area contributed by atoms with E-state index in [-0.39, 0.29) is 5.56 Å². The van der Waals surface area contributed by atoms with Gasteiger partial charge in [0.1, 0.15) is 0 Å². The summed E-state index contributed by atoms with van der Waals surface area (Å²) in [5, 5.41) is 4.88. The number of thioether (sulfide) groups is 1. The van der Waals surface area contributed by atoms with Gasteiger partial charge in [-0.3, -0.25) is 4.79 Å². The second-order valence-corrected chi connectivity index (χ2v) is 6.73. The van der Waals surface area contributed by atoms with Crippen molar-refractivity contribution in [2.45, 2.75) is 68.8 Å². The third kappa shape index (κ3) is 4.63. The van der Waals surface area contributed by atoms with E-state index < -0.39 is 0 Å². The molecule has 20 heavy (non-hydrogen) atoms. The van der Waals surface area contributed by atoms with Crippen LogP contribution in [-0.4, -0.2) is 27.8 Å². The minimum atomic E-state index is -0.0501. The summed E-state index contributed by atoms with van der Waals surface area (Å²) in [6.45, 7) is 5.03. The molecule has 0 saturated heterocycles. The molecule has 0 bridgehead atoms. The number of aromatic nitrogens is 2. The molecular formula is C15H25N3OS. The van der Waals surface area contributed by atoms with E-state index in [9.17, 15) is 4.79 Å². The number of H-pyrrole nitrogens is 1. The van der Waals surface area contributed by atoms with Gasteiger partial charge in [0.2, 0.25) is 0 Å².